The van der Waals surface area contributed by atoms with Gasteiger partial charge in [0.1, 0.15) is 5.82 Å². The summed E-state index contributed by atoms with van der Waals surface area (Å²) in [5.74, 6) is -0.276. The van der Waals surface area contributed by atoms with E-state index in [0.717, 1.165) is 25.9 Å². The maximum Gasteiger partial charge on any atom is 0.335 e. The maximum atomic E-state index is 10.8. The molecule has 5 nitrogen and oxygen atoms in total. The molecule has 1 fully saturated rings. The molecule has 92 valence electrons. The lowest BCUT2D eigenvalue weighted by molar-refractivity contribution is 0.0697. The highest BCUT2D eigenvalue weighted by Gasteiger charge is 2.17. The lowest BCUT2D eigenvalue weighted by Crippen LogP contribution is -2.39. The van der Waals surface area contributed by atoms with E-state index in [2.05, 4.69) is 22.2 Å². The molecular weight excluding hydrogens is 218 g/mol. The number of nitrogens with one attached hydrogen (secondary N) is 1. The monoisotopic (exact) mass is 235 g/mol. The van der Waals surface area contributed by atoms with Gasteiger partial charge in [0.15, 0.2) is 0 Å². The number of piperidine rings is 1. The summed E-state index contributed by atoms with van der Waals surface area (Å²) in [6.45, 7) is 2.10. The second-order valence-corrected chi connectivity index (χ2v) is 4.48. The van der Waals surface area contributed by atoms with Crippen molar-refractivity contribution in [3.63, 3.8) is 0 Å². The summed E-state index contributed by atoms with van der Waals surface area (Å²) in [6.07, 6.45) is 3.79. The van der Waals surface area contributed by atoms with Crippen molar-refractivity contribution in [2.24, 2.45) is 0 Å². The van der Waals surface area contributed by atoms with Crippen LogP contribution in [-0.4, -0.2) is 47.1 Å². The van der Waals surface area contributed by atoms with Crippen LogP contribution >= 0.6 is 0 Å². The van der Waals surface area contributed by atoms with Gasteiger partial charge in [-0.3, -0.25) is 0 Å². The molecule has 1 aromatic heterocycles. The number of carbonyl (C=O) groups is 1. The second kappa shape index (κ2) is 5.14. The van der Waals surface area contributed by atoms with Crippen LogP contribution in [0.15, 0.2) is 18.3 Å². The van der Waals surface area contributed by atoms with Crippen molar-refractivity contribution in [2.45, 2.75) is 18.9 Å². The molecule has 0 spiro atoms. The minimum atomic E-state index is -0.920. The Morgan fingerprint density at radius 1 is 1.65 bits per heavy atom. The van der Waals surface area contributed by atoms with Gasteiger partial charge in [0.25, 0.3) is 0 Å². The Bertz CT molecular complexity index is 408. The van der Waals surface area contributed by atoms with E-state index in [-0.39, 0.29) is 5.56 Å². The van der Waals surface area contributed by atoms with Crippen molar-refractivity contribution in [2.75, 3.05) is 25.5 Å². The first-order valence-corrected chi connectivity index (χ1v) is 5.79. The second-order valence-electron chi connectivity index (χ2n) is 4.48. The predicted molar refractivity (Wildman–Crippen MR) is 65.3 cm³/mol. The van der Waals surface area contributed by atoms with Gasteiger partial charge in [0.2, 0.25) is 0 Å². The molecule has 0 amide bonds. The Labute approximate surface area is 100 Å². The Balaban J connectivity index is 2.02. The molecule has 1 unspecified atom stereocenters. The molecule has 1 aromatic rings. The predicted octanol–water partition coefficient (Wildman–Crippen LogP) is 1.29. The molecule has 2 heterocycles. The molecule has 2 N–H and O–H groups in total. The van der Waals surface area contributed by atoms with E-state index < -0.39 is 5.97 Å². The quantitative estimate of drug-likeness (QED) is 0.826. The number of likely N-dealkylation sites (tertiary alicyclic amines) is 1. The highest BCUT2D eigenvalue weighted by atomic mass is 16.4. The average molecular weight is 235 g/mol. The van der Waals surface area contributed by atoms with Gasteiger partial charge in [-0.15, -0.1) is 0 Å². The highest BCUT2D eigenvalue weighted by Crippen LogP contribution is 2.14. The van der Waals surface area contributed by atoms with Gasteiger partial charge >= 0.3 is 5.97 Å². The van der Waals surface area contributed by atoms with E-state index >= 15 is 0 Å². The van der Waals surface area contributed by atoms with Crippen LogP contribution in [0.1, 0.15) is 23.2 Å². The minimum absolute atomic E-state index is 0.270. The molecule has 1 aliphatic rings. The third kappa shape index (κ3) is 3.17. The van der Waals surface area contributed by atoms with Gasteiger partial charge in [-0.2, -0.15) is 0 Å². The molecule has 1 atom stereocenters. The summed E-state index contributed by atoms with van der Waals surface area (Å²) in [5, 5.41) is 12.2. The van der Waals surface area contributed by atoms with E-state index in [9.17, 15) is 4.79 Å². The highest BCUT2D eigenvalue weighted by molar-refractivity contribution is 5.88. The zero-order valence-electron chi connectivity index (χ0n) is 9.89. The molecule has 0 bridgehead atoms. The minimum Gasteiger partial charge on any atom is -0.478 e. The SMILES string of the molecule is CN1CCCC(Nc2cc(C(=O)O)ccn2)C1. The average Bonchev–Trinajstić information content (AvgIpc) is 2.29. The van der Waals surface area contributed by atoms with Crippen LogP contribution in [0.25, 0.3) is 0 Å². The fraction of sp³-hybridized carbons (Fsp3) is 0.500. The smallest absolute Gasteiger partial charge is 0.335 e. The number of aromatic nitrogens is 1. The number of carboxylic acids is 1. The molecular formula is C12H17N3O2. The van der Waals surface area contributed by atoms with Crippen LogP contribution < -0.4 is 5.32 Å². The fourth-order valence-electron chi connectivity index (χ4n) is 2.14. The molecule has 0 radical (unpaired) electrons. The van der Waals surface area contributed by atoms with Crippen molar-refractivity contribution >= 4 is 11.8 Å². The molecule has 0 saturated carbocycles. The molecule has 0 aliphatic carbocycles. The topological polar surface area (TPSA) is 65.5 Å². The van der Waals surface area contributed by atoms with Crippen LogP contribution in [0, 0.1) is 0 Å². The number of anilines is 1. The van der Waals surface area contributed by atoms with Crippen molar-refractivity contribution in [1.29, 1.82) is 0 Å². The molecule has 1 saturated heterocycles. The molecule has 17 heavy (non-hydrogen) atoms. The molecule has 0 aromatic carbocycles. The van der Waals surface area contributed by atoms with Gasteiger partial charge in [0, 0.05) is 18.8 Å². The summed E-state index contributed by atoms with van der Waals surface area (Å²) >= 11 is 0. The zero-order valence-corrected chi connectivity index (χ0v) is 9.89. The summed E-state index contributed by atoms with van der Waals surface area (Å²) in [7, 11) is 2.09. The van der Waals surface area contributed by atoms with Crippen LogP contribution in [-0.2, 0) is 0 Å². The van der Waals surface area contributed by atoms with Crippen LogP contribution in [0.4, 0.5) is 5.82 Å². The van der Waals surface area contributed by atoms with Gasteiger partial charge in [-0.25, -0.2) is 9.78 Å². The Hall–Kier alpha value is -1.62. The van der Waals surface area contributed by atoms with E-state index in [4.69, 9.17) is 5.11 Å². The first-order valence-electron chi connectivity index (χ1n) is 5.79. The van der Waals surface area contributed by atoms with E-state index in [1.165, 1.54) is 12.3 Å². The summed E-state index contributed by atoms with van der Waals surface area (Å²) < 4.78 is 0. The summed E-state index contributed by atoms with van der Waals surface area (Å²) in [4.78, 5) is 17.2. The third-order valence-electron chi connectivity index (χ3n) is 2.98. The van der Waals surface area contributed by atoms with Crippen molar-refractivity contribution in [3.8, 4) is 0 Å². The standard InChI is InChI=1S/C12H17N3O2/c1-15-6-2-3-10(8-15)14-11-7-9(12(16)17)4-5-13-11/h4-5,7,10H,2-3,6,8H2,1H3,(H,13,14)(H,16,17). The van der Waals surface area contributed by atoms with Crippen LogP contribution in [0.2, 0.25) is 0 Å². The number of likely N-dealkylation sites (N-methyl/N-ethyl adjacent to an activating group) is 1. The Morgan fingerprint density at radius 2 is 2.47 bits per heavy atom. The molecule has 5 heteroatoms. The van der Waals surface area contributed by atoms with Crippen molar-refractivity contribution < 1.29 is 9.90 Å². The lowest BCUT2D eigenvalue weighted by atomic mass is 10.1. The number of hydrogen-bond acceptors (Lipinski definition) is 4. The fourth-order valence-corrected chi connectivity index (χ4v) is 2.14. The van der Waals surface area contributed by atoms with Crippen molar-refractivity contribution in [1.82, 2.24) is 9.88 Å². The van der Waals surface area contributed by atoms with E-state index in [1.54, 1.807) is 6.07 Å². The third-order valence-corrected chi connectivity index (χ3v) is 2.98. The van der Waals surface area contributed by atoms with Crippen LogP contribution in [0.5, 0.6) is 0 Å². The summed E-state index contributed by atoms with van der Waals surface area (Å²) in [5.41, 5.74) is 0.270. The van der Waals surface area contributed by atoms with E-state index in [1.807, 2.05) is 0 Å². The summed E-state index contributed by atoms with van der Waals surface area (Å²) in [6, 6.07) is 3.43. The number of rotatable bonds is 3. The van der Waals surface area contributed by atoms with Crippen molar-refractivity contribution in [3.05, 3.63) is 23.9 Å². The lowest BCUT2D eigenvalue weighted by Gasteiger charge is -2.30. The normalized spacial score (nSPS) is 21.1. The van der Waals surface area contributed by atoms with Gasteiger partial charge in [-0.05, 0) is 38.6 Å². The molecule has 1 aliphatic heterocycles. The van der Waals surface area contributed by atoms with Crippen LogP contribution in [0.3, 0.4) is 0 Å². The number of carboxylic acid groups (broad SMARTS) is 1. The first-order chi connectivity index (χ1) is 8.15. The number of hydrogen-bond donors (Lipinski definition) is 2. The number of pyridine rings is 1. The Morgan fingerprint density at radius 3 is 3.18 bits per heavy atom. The van der Waals surface area contributed by atoms with Gasteiger partial charge in [-0.1, -0.05) is 0 Å². The Kier molecular flexibility index (Phi) is 3.58. The zero-order chi connectivity index (χ0) is 12.3. The maximum absolute atomic E-state index is 10.8. The number of aromatic carboxylic acids is 1. The largest absolute Gasteiger partial charge is 0.478 e. The molecule has 2 rings (SSSR count). The van der Waals surface area contributed by atoms with Gasteiger partial charge < -0.3 is 15.3 Å². The first kappa shape index (κ1) is 11.9. The number of nitrogens with zero attached hydrogens (tertiary/aromatic N) is 2. The van der Waals surface area contributed by atoms with E-state index in [0.29, 0.717) is 11.9 Å². The van der Waals surface area contributed by atoms with Gasteiger partial charge in [0.05, 0.1) is 5.56 Å².